The number of nitrogen functional groups attached to an aromatic ring is 1. The number of benzene rings is 2. The van der Waals surface area contributed by atoms with E-state index in [1.54, 1.807) is 12.1 Å². The van der Waals surface area contributed by atoms with Gasteiger partial charge in [0.05, 0.1) is 9.40 Å². The molecule has 3 N–H and O–H groups in total. The number of hydrogen-bond acceptors (Lipinski definition) is 12. The first-order chi connectivity index (χ1) is 18.8. The highest BCUT2D eigenvalue weighted by molar-refractivity contribution is 7.22. The number of para-hydroxylation sites is 2. The fraction of sp³-hybridized carbons (Fsp3) is 0.0417. The Morgan fingerprint density at radius 1 is 0.821 bits per heavy atom. The summed E-state index contributed by atoms with van der Waals surface area (Å²) in [6.45, 7) is 1.44. The van der Waals surface area contributed by atoms with E-state index in [9.17, 15) is 4.79 Å². The molecule has 39 heavy (non-hydrogen) atoms. The maximum absolute atomic E-state index is 11.1. The number of rotatable bonds is 5. The third kappa shape index (κ3) is 6.64. The number of anilines is 2. The van der Waals surface area contributed by atoms with Crippen LogP contribution in [-0.2, 0) is 4.79 Å². The Morgan fingerprint density at radius 2 is 1.36 bits per heavy atom. The Balaban J connectivity index is 0.000000160. The summed E-state index contributed by atoms with van der Waals surface area (Å²) < 4.78 is 13.2. The van der Waals surface area contributed by atoms with E-state index in [2.05, 4.69) is 35.2 Å². The van der Waals surface area contributed by atoms with Crippen molar-refractivity contribution in [3.8, 4) is 23.3 Å². The number of amides is 1. The van der Waals surface area contributed by atoms with Gasteiger partial charge in [-0.2, -0.15) is 0 Å². The van der Waals surface area contributed by atoms with Crippen molar-refractivity contribution in [1.82, 2.24) is 29.9 Å². The summed E-state index contributed by atoms with van der Waals surface area (Å²) in [5.74, 6) is 1.66. The van der Waals surface area contributed by atoms with E-state index in [-0.39, 0.29) is 5.91 Å². The van der Waals surface area contributed by atoms with Gasteiger partial charge in [-0.1, -0.05) is 58.0 Å². The molecular formula is C24H16Cl2N8O3S2. The lowest BCUT2D eigenvalue weighted by Gasteiger charge is -2.04. The maximum Gasteiger partial charge on any atom is 0.223 e. The fourth-order valence-corrected chi connectivity index (χ4v) is 5.16. The van der Waals surface area contributed by atoms with Crippen molar-refractivity contribution in [2.24, 2.45) is 0 Å². The monoisotopic (exact) mass is 598 g/mol. The summed E-state index contributed by atoms with van der Waals surface area (Å²) in [6, 6.07) is 14.2. The molecular weight excluding hydrogens is 583 g/mol. The lowest BCUT2D eigenvalue weighted by atomic mass is 10.3. The minimum atomic E-state index is -0.167. The maximum atomic E-state index is 11.1. The quantitative estimate of drug-likeness (QED) is 0.207. The molecule has 0 aliphatic carbocycles. The van der Waals surface area contributed by atoms with Crippen LogP contribution < -0.4 is 20.5 Å². The van der Waals surface area contributed by atoms with E-state index in [4.69, 9.17) is 38.4 Å². The first kappa shape index (κ1) is 26.4. The number of nitrogens with zero attached hydrogens (tertiary/aromatic N) is 6. The van der Waals surface area contributed by atoms with Gasteiger partial charge in [0.1, 0.15) is 34.0 Å². The predicted molar refractivity (Wildman–Crippen MR) is 152 cm³/mol. The molecule has 0 bridgehead atoms. The summed E-state index contributed by atoms with van der Waals surface area (Å²) in [5.41, 5.74) is 7.05. The second-order valence-corrected chi connectivity index (χ2v) is 10.4. The van der Waals surface area contributed by atoms with Crippen molar-refractivity contribution in [3.63, 3.8) is 0 Å². The average molecular weight is 599 g/mol. The van der Waals surface area contributed by atoms with Crippen molar-refractivity contribution < 1.29 is 14.3 Å². The van der Waals surface area contributed by atoms with E-state index >= 15 is 0 Å². The zero-order valence-corrected chi connectivity index (χ0v) is 23.0. The van der Waals surface area contributed by atoms with Gasteiger partial charge in [0.15, 0.2) is 21.8 Å². The van der Waals surface area contributed by atoms with E-state index in [0.717, 1.165) is 14.9 Å². The Kier molecular flexibility index (Phi) is 7.93. The molecule has 2 aromatic carbocycles. The minimum Gasteiger partial charge on any atom is -0.437 e. The summed E-state index contributed by atoms with van der Waals surface area (Å²) in [5, 5.41) is 4.30. The molecule has 15 heteroatoms. The predicted octanol–water partition coefficient (Wildman–Crippen LogP) is 6.60. The molecule has 0 unspecified atom stereocenters. The van der Waals surface area contributed by atoms with Gasteiger partial charge in [-0.05, 0) is 24.3 Å². The SMILES string of the molecule is CC(=O)Nc1nc2c(Oc3cc(Cl)ncn3)cccc2s1.Nc1nc2c(Oc3cc(Cl)ncn3)cccc2s1. The number of ether oxygens (including phenoxy) is 2. The number of aromatic nitrogens is 6. The van der Waals surface area contributed by atoms with Crippen molar-refractivity contribution in [3.05, 3.63) is 71.5 Å². The van der Waals surface area contributed by atoms with Crippen LogP contribution in [0.3, 0.4) is 0 Å². The van der Waals surface area contributed by atoms with E-state index in [0.29, 0.717) is 49.3 Å². The number of fused-ring (bicyclic) bond motifs is 2. The van der Waals surface area contributed by atoms with Crippen LogP contribution in [-0.4, -0.2) is 35.8 Å². The zero-order chi connectivity index (χ0) is 27.4. The molecule has 4 heterocycles. The van der Waals surface area contributed by atoms with Gasteiger partial charge < -0.3 is 20.5 Å². The molecule has 0 radical (unpaired) electrons. The molecule has 6 rings (SSSR count). The molecule has 196 valence electrons. The topological polar surface area (TPSA) is 151 Å². The highest BCUT2D eigenvalue weighted by Crippen LogP contribution is 2.35. The Hall–Kier alpha value is -4.17. The van der Waals surface area contributed by atoms with E-state index < -0.39 is 0 Å². The number of thiazole rings is 2. The van der Waals surface area contributed by atoms with Crippen LogP contribution in [0, 0.1) is 0 Å². The lowest BCUT2D eigenvalue weighted by Crippen LogP contribution is -2.04. The van der Waals surface area contributed by atoms with Crippen LogP contribution in [0.1, 0.15) is 6.92 Å². The van der Waals surface area contributed by atoms with Gasteiger partial charge in [0.25, 0.3) is 0 Å². The summed E-state index contributed by atoms with van der Waals surface area (Å²) in [7, 11) is 0. The van der Waals surface area contributed by atoms with E-state index in [1.807, 2.05) is 24.3 Å². The highest BCUT2D eigenvalue weighted by atomic mass is 35.5. The Labute approximate surface area is 238 Å². The number of halogens is 2. The van der Waals surface area contributed by atoms with Crippen molar-refractivity contribution in [2.75, 3.05) is 11.1 Å². The second-order valence-electron chi connectivity index (χ2n) is 7.52. The zero-order valence-electron chi connectivity index (χ0n) is 19.8. The first-order valence-electron chi connectivity index (χ1n) is 11.0. The molecule has 0 aliphatic rings. The number of hydrogen-bond donors (Lipinski definition) is 2. The van der Waals surface area contributed by atoms with Crippen LogP contribution in [0.15, 0.2) is 61.2 Å². The van der Waals surface area contributed by atoms with Crippen LogP contribution in [0.25, 0.3) is 20.4 Å². The Morgan fingerprint density at radius 3 is 1.90 bits per heavy atom. The number of carbonyl (C=O) groups excluding carboxylic acids is 1. The molecule has 0 aliphatic heterocycles. The molecule has 0 fully saturated rings. The van der Waals surface area contributed by atoms with Crippen LogP contribution >= 0.6 is 45.9 Å². The summed E-state index contributed by atoms with van der Waals surface area (Å²) in [4.78, 5) is 35.2. The molecule has 4 aromatic heterocycles. The average Bonchev–Trinajstić information content (AvgIpc) is 3.47. The van der Waals surface area contributed by atoms with Crippen molar-refractivity contribution >= 4 is 82.5 Å². The van der Waals surface area contributed by atoms with Crippen LogP contribution in [0.5, 0.6) is 23.3 Å². The molecule has 0 saturated heterocycles. The smallest absolute Gasteiger partial charge is 0.223 e. The van der Waals surface area contributed by atoms with Gasteiger partial charge in [0, 0.05) is 19.1 Å². The Bertz CT molecular complexity index is 1800. The number of carbonyl (C=O) groups is 1. The van der Waals surface area contributed by atoms with Gasteiger partial charge in [-0.3, -0.25) is 4.79 Å². The highest BCUT2D eigenvalue weighted by Gasteiger charge is 2.12. The normalized spacial score (nSPS) is 10.6. The largest absolute Gasteiger partial charge is 0.437 e. The number of nitrogens with two attached hydrogens (primary N) is 1. The minimum absolute atomic E-state index is 0.167. The molecule has 6 aromatic rings. The molecule has 1 amide bonds. The van der Waals surface area contributed by atoms with Gasteiger partial charge in [-0.15, -0.1) is 0 Å². The van der Waals surface area contributed by atoms with Gasteiger partial charge in [0.2, 0.25) is 17.7 Å². The third-order valence-corrected chi connectivity index (χ3v) is 6.91. The molecule has 0 spiro atoms. The van der Waals surface area contributed by atoms with Crippen LogP contribution in [0.2, 0.25) is 10.3 Å². The van der Waals surface area contributed by atoms with E-state index in [1.165, 1.54) is 54.4 Å². The summed E-state index contributed by atoms with van der Waals surface area (Å²) >= 11 is 14.3. The first-order valence-corrected chi connectivity index (χ1v) is 13.4. The standard InChI is InChI=1S/C13H9ClN4O2S.C11H7ClN4OS/c1-7(19)17-13-18-12-8(3-2-4-9(12)21-13)20-11-5-10(14)15-6-16-11;12-8-4-9(15-5-14-8)17-6-2-1-3-7-10(6)16-11(13)18-7/h2-6H,1H3,(H,17,18,19);1-5H,(H2,13,16). The van der Waals surface area contributed by atoms with Gasteiger partial charge in [-0.25, -0.2) is 29.9 Å². The second kappa shape index (κ2) is 11.7. The number of nitrogens with one attached hydrogen (secondary N) is 1. The molecule has 0 atom stereocenters. The summed E-state index contributed by atoms with van der Waals surface area (Å²) in [6.07, 6.45) is 2.66. The fourth-order valence-electron chi connectivity index (χ4n) is 3.20. The third-order valence-electron chi connectivity index (χ3n) is 4.71. The van der Waals surface area contributed by atoms with Crippen molar-refractivity contribution in [2.45, 2.75) is 6.92 Å². The lowest BCUT2D eigenvalue weighted by molar-refractivity contribution is -0.114. The molecule has 11 nitrogen and oxygen atoms in total. The van der Waals surface area contributed by atoms with Crippen molar-refractivity contribution in [1.29, 1.82) is 0 Å². The molecule has 0 saturated carbocycles. The van der Waals surface area contributed by atoms with Gasteiger partial charge >= 0.3 is 0 Å². The van der Waals surface area contributed by atoms with Crippen LogP contribution in [0.4, 0.5) is 10.3 Å².